The van der Waals surface area contributed by atoms with Gasteiger partial charge in [-0.1, -0.05) is 0 Å². The van der Waals surface area contributed by atoms with Crippen LogP contribution < -0.4 is 9.47 Å². The third-order valence-corrected chi connectivity index (χ3v) is 4.63. The molecule has 0 amide bonds. The van der Waals surface area contributed by atoms with Crippen molar-refractivity contribution in [1.82, 2.24) is 4.98 Å². The standard InChI is InChI=1S/C20H14F3NO5S/c1-27-19(26)16-11-30-18(24-16)17(25)10-28-13-6-8-15(9-7-13)29-14-4-2-12(3-5-14)20(21,22)23/h2-9,11H,10H2,1H3. The maximum atomic E-state index is 12.6. The van der Waals surface area contributed by atoms with E-state index in [-0.39, 0.29) is 23.1 Å². The van der Waals surface area contributed by atoms with Crippen LogP contribution in [0.2, 0.25) is 0 Å². The zero-order chi connectivity index (χ0) is 21.7. The fourth-order valence-electron chi connectivity index (χ4n) is 2.26. The van der Waals surface area contributed by atoms with Gasteiger partial charge in [0.25, 0.3) is 0 Å². The zero-order valence-corrected chi connectivity index (χ0v) is 16.3. The second-order valence-electron chi connectivity index (χ2n) is 5.84. The average Bonchev–Trinajstić information content (AvgIpc) is 3.22. The molecule has 3 rings (SSSR count). The molecule has 0 aliphatic heterocycles. The van der Waals surface area contributed by atoms with Gasteiger partial charge in [-0.05, 0) is 48.5 Å². The van der Waals surface area contributed by atoms with Crippen LogP contribution in [-0.2, 0) is 10.9 Å². The predicted octanol–water partition coefficient (Wildman–Crippen LogP) is 5.00. The SMILES string of the molecule is COC(=O)c1csc(C(=O)COc2ccc(Oc3ccc(C(F)(F)F)cc3)cc2)n1. The average molecular weight is 437 g/mol. The lowest BCUT2D eigenvalue weighted by atomic mass is 10.2. The van der Waals surface area contributed by atoms with Gasteiger partial charge in [0.1, 0.15) is 17.2 Å². The summed E-state index contributed by atoms with van der Waals surface area (Å²) >= 11 is 1.01. The lowest BCUT2D eigenvalue weighted by Crippen LogP contribution is -2.12. The van der Waals surface area contributed by atoms with Gasteiger partial charge in [-0.15, -0.1) is 11.3 Å². The molecule has 1 aromatic heterocycles. The lowest BCUT2D eigenvalue weighted by molar-refractivity contribution is -0.137. The van der Waals surface area contributed by atoms with Crippen LogP contribution >= 0.6 is 11.3 Å². The van der Waals surface area contributed by atoms with Crippen LogP contribution in [0.4, 0.5) is 13.2 Å². The summed E-state index contributed by atoms with van der Waals surface area (Å²) in [5.41, 5.74) is -0.710. The molecule has 3 aromatic rings. The number of halogens is 3. The first-order chi connectivity index (χ1) is 14.3. The second kappa shape index (κ2) is 8.95. The largest absolute Gasteiger partial charge is 0.485 e. The number of Topliss-reactive ketones (excluding diaryl/α,β-unsaturated/α-hetero) is 1. The molecule has 0 aliphatic carbocycles. The minimum atomic E-state index is -4.41. The van der Waals surface area contributed by atoms with E-state index < -0.39 is 23.5 Å². The van der Waals surface area contributed by atoms with Crippen molar-refractivity contribution in [3.05, 3.63) is 70.2 Å². The van der Waals surface area contributed by atoms with Crippen LogP contribution in [0.3, 0.4) is 0 Å². The van der Waals surface area contributed by atoms with Gasteiger partial charge in [-0.25, -0.2) is 9.78 Å². The fourth-order valence-corrected chi connectivity index (χ4v) is 2.98. The van der Waals surface area contributed by atoms with Crippen LogP contribution in [-0.4, -0.2) is 30.5 Å². The summed E-state index contributed by atoms with van der Waals surface area (Å²) in [6.07, 6.45) is -4.41. The molecule has 2 aromatic carbocycles. The van der Waals surface area contributed by atoms with Crippen LogP contribution in [0.15, 0.2) is 53.9 Å². The number of hydrogen-bond donors (Lipinski definition) is 0. The Hall–Kier alpha value is -3.40. The number of methoxy groups -OCH3 is 1. The number of nitrogens with zero attached hydrogens (tertiary/aromatic N) is 1. The van der Waals surface area contributed by atoms with Crippen molar-refractivity contribution in [1.29, 1.82) is 0 Å². The molecule has 30 heavy (non-hydrogen) atoms. The van der Waals surface area contributed by atoms with E-state index in [1.165, 1.54) is 24.6 Å². The Morgan fingerprint density at radius 3 is 2.10 bits per heavy atom. The Morgan fingerprint density at radius 2 is 1.53 bits per heavy atom. The van der Waals surface area contributed by atoms with E-state index in [4.69, 9.17) is 9.47 Å². The monoisotopic (exact) mass is 437 g/mol. The van der Waals surface area contributed by atoms with Crippen molar-refractivity contribution in [2.45, 2.75) is 6.18 Å². The summed E-state index contributed by atoms with van der Waals surface area (Å²) in [6, 6.07) is 10.5. The molecule has 0 fully saturated rings. The van der Waals surface area contributed by atoms with E-state index in [9.17, 15) is 22.8 Å². The number of carbonyl (C=O) groups excluding carboxylic acids is 2. The van der Waals surface area contributed by atoms with E-state index in [1.807, 2.05) is 0 Å². The first-order valence-corrected chi connectivity index (χ1v) is 9.29. The van der Waals surface area contributed by atoms with Gasteiger partial charge in [-0.3, -0.25) is 4.79 Å². The van der Waals surface area contributed by atoms with Gasteiger partial charge >= 0.3 is 12.1 Å². The Balaban J connectivity index is 1.55. The summed E-state index contributed by atoms with van der Waals surface area (Å²) < 4.78 is 53.2. The highest BCUT2D eigenvalue weighted by Crippen LogP contribution is 2.31. The maximum absolute atomic E-state index is 12.6. The Labute approximate surface area is 172 Å². The first-order valence-electron chi connectivity index (χ1n) is 8.41. The molecule has 0 spiro atoms. The molecule has 10 heteroatoms. The predicted molar refractivity (Wildman–Crippen MR) is 101 cm³/mol. The number of aromatic nitrogens is 1. The number of ether oxygens (including phenoxy) is 3. The second-order valence-corrected chi connectivity index (χ2v) is 6.70. The first kappa shape index (κ1) is 21.3. The molecule has 0 N–H and O–H groups in total. The maximum Gasteiger partial charge on any atom is 0.416 e. The molecule has 156 valence electrons. The minimum Gasteiger partial charge on any atom is -0.485 e. The summed E-state index contributed by atoms with van der Waals surface area (Å²) in [4.78, 5) is 27.4. The molecule has 0 saturated heterocycles. The van der Waals surface area contributed by atoms with Gasteiger partial charge < -0.3 is 14.2 Å². The smallest absolute Gasteiger partial charge is 0.416 e. The molecule has 6 nitrogen and oxygen atoms in total. The summed E-state index contributed by atoms with van der Waals surface area (Å²) in [5.74, 6) is -0.0175. The highest BCUT2D eigenvalue weighted by Gasteiger charge is 2.30. The summed E-state index contributed by atoms with van der Waals surface area (Å²) in [5, 5.41) is 1.55. The van der Waals surface area contributed by atoms with Crippen molar-refractivity contribution < 1.29 is 37.0 Å². The zero-order valence-electron chi connectivity index (χ0n) is 15.4. The number of benzene rings is 2. The molecular formula is C20H14F3NO5S. The summed E-state index contributed by atoms with van der Waals surface area (Å²) in [6.45, 7) is -0.284. The number of esters is 1. The lowest BCUT2D eigenvalue weighted by Gasteiger charge is -2.10. The van der Waals surface area contributed by atoms with Crippen molar-refractivity contribution in [3.63, 3.8) is 0 Å². The van der Waals surface area contributed by atoms with E-state index in [0.29, 0.717) is 11.5 Å². The number of rotatable bonds is 7. The van der Waals surface area contributed by atoms with E-state index in [2.05, 4.69) is 9.72 Å². The molecule has 1 heterocycles. The number of alkyl halides is 3. The quantitative estimate of drug-likeness (QED) is 0.382. The topological polar surface area (TPSA) is 74.7 Å². The Morgan fingerprint density at radius 1 is 0.967 bits per heavy atom. The van der Waals surface area contributed by atoms with Gasteiger partial charge in [0.15, 0.2) is 17.3 Å². The molecular weight excluding hydrogens is 423 g/mol. The number of hydrogen-bond acceptors (Lipinski definition) is 7. The Kier molecular flexibility index (Phi) is 6.36. The van der Waals surface area contributed by atoms with Crippen LogP contribution in [0.1, 0.15) is 25.9 Å². The van der Waals surface area contributed by atoms with Gasteiger partial charge in [0, 0.05) is 5.38 Å². The molecule has 0 atom stereocenters. The van der Waals surface area contributed by atoms with Crippen LogP contribution in [0.25, 0.3) is 0 Å². The van der Waals surface area contributed by atoms with Crippen molar-refractivity contribution in [3.8, 4) is 17.2 Å². The molecule has 0 radical (unpaired) electrons. The Bertz CT molecular complexity index is 1030. The van der Waals surface area contributed by atoms with Crippen LogP contribution in [0.5, 0.6) is 17.2 Å². The molecule has 0 saturated carbocycles. The van der Waals surface area contributed by atoms with E-state index in [0.717, 1.165) is 23.5 Å². The van der Waals surface area contributed by atoms with Crippen molar-refractivity contribution >= 4 is 23.1 Å². The summed E-state index contributed by atoms with van der Waals surface area (Å²) in [7, 11) is 1.22. The molecule has 0 unspecified atom stereocenters. The number of ketones is 1. The highest BCUT2D eigenvalue weighted by molar-refractivity contribution is 7.12. The molecule has 0 aliphatic rings. The molecule has 0 bridgehead atoms. The van der Waals surface area contributed by atoms with E-state index >= 15 is 0 Å². The minimum absolute atomic E-state index is 0.0515. The third kappa shape index (κ3) is 5.35. The van der Waals surface area contributed by atoms with Gasteiger partial charge in [-0.2, -0.15) is 13.2 Å². The highest BCUT2D eigenvalue weighted by atomic mass is 32.1. The number of carbonyl (C=O) groups is 2. The number of thiazole rings is 1. The fraction of sp³-hybridized carbons (Fsp3) is 0.150. The normalized spacial score (nSPS) is 11.1. The van der Waals surface area contributed by atoms with Crippen molar-refractivity contribution in [2.75, 3.05) is 13.7 Å². The third-order valence-electron chi connectivity index (χ3n) is 3.75. The van der Waals surface area contributed by atoms with Crippen LogP contribution in [0, 0.1) is 0 Å². The van der Waals surface area contributed by atoms with Gasteiger partial charge in [0.05, 0.1) is 12.7 Å². The van der Waals surface area contributed by atoms with Crippen molar-refractivity contribution in [2.24, 2.45) is 0 Å². The van der Waals surface area contributed by atoms with E-state index in [1.54, 1.807) is 24.3 Å². The van der Waals surface area contributed by atoms with Gasteiger partial charge in [0.2, 0.25) is 5.78 Å².